The molecule has 0 aliphatic rings. The van der Waals surface area contributed by atoms with Gasteiger partial charge in [0.25, 0.3) is 0 Å². The summed E-state index contributed by atoms with van der Waals surface area (Å²) in [5.41, 5.74) is 2.32. The Morgan fingerprint density at radius 3 is 2.19 bits per heavy atom. The number of hydrogen-bond acceptors (Lipinski definition) is 3. The Hall–Kier alpha value is -2.16. The van der Waals surface area contributed by atoms with E-state index in [1.165, 1.54) is 31.2 Å². The molecule has 0 bridgehead atoms. The number of benzene rings is 2. The average Bonchev–Trinajstić information content (AvgIpc) is 2.70. The molecule has 148 valence electrons. The topological polar surface area (TPSA) is 30.5 Å². The van der Waals surface area contributed by atoms with Gasteiger partial charge in [-0.05, 0) is 42.7 Å². The highest BCUT2D eigenvalue weighted by molar-refractivity contribution is 5.48. The van der Waals surface area contributed by atoms with Gasteiger partial charge in [-0.2, -0.15) is 0 Å². The molecule has 0 aliphatic heterocycles. The van der Waals surface area contributed by atoms with Gasteiger partial charge >= 0.3 is 0 Å². The lowest BCUT2D eigenvalue weighted by Crippen LogP contribution is -2.01. The van der Waals surface area contributed by atoms with Crippen LogP contribution in [0, 0.1) is 0 Å². The largest absolute Gasteiger partial charge is 0.494 e. The Balaban J connectivity index is 1.71. The molecule has 0 amide bonds. The van der Waals surface area contributed by atoms with Crippen LogP contribution >= 0.6 is 0 Å². The van der Waals surface area contributed by atoms with Gasteiger partial charge < -0.3 is 14.8 Å². The molecule has 0 fully saturated rings. The predicted octanol–water partition coefficient (Wildman–Crippen LogP) is 6.83. The second-order valence-corrected chi connectivity index (χ2v) is 6.99. The maximum Gasteiger partial charge on any atom is 0.121 e. The van der Waals surface area contributed by atoms with Gasteiger partial charge in [-0.15, -0.1) is 0 Å². The van der Waals surface area contributed by atoms with Crippen LogP contribution < -0.4 is 14.8 Å². The third-order valence-electron chi connectivity index (χ3n) is 4.54. The number of anilines is 1. The van der Waals surface area contributed by atoms with Crippen molar-refractivity contribution in [2.45, 2.75) is 65.3 Å². The Morgan fingerprint density at radius 2 is 1.41 bits per heavy atom. The summed E-state index contributed by atoms with van der Waals surface area (Å²) in [6, 6.07) is 16.5. The van der Waals surface area contributed by atoms with Gasteiger partial charge in [0.05, 0.1) is 13.2 Å². The molecule has 3 heteroatoms. The third kappa shape index (κ3) is 8.85. The van der Waals surface area contributed by atoms with Crippen molar-refractivity contribution in [1.29, 1.82) is 0 Å². The highest BCUT2D eigenvalue weighted by atomic mass is 16.5. The maximum atomic E-state index is 5.83. The SMILES string of the molecule is CCCCCCCOc1ccc(CNc2cccc(OCCCC)c2)cc1. The van der Waals surface area contributed by atoms with E-state index in [2.05, 4.69) is 55.6 Å². The summed E-state index contributed by atoms with van der Waals surface area (Å²) in [7, 11) is 0. The van der Waals surface area contributed by atoms with Crippen molar-refractivity contribution in [3.05, 3.63) is 54.1 Å². The minimum atomic E-state index is 0.778. The first-order valence-corrected chi connectivity index (χ1v) is 10.5. The van der Waals surface area contributed by atoms with Gasteiger partial charge in [0.15, 0.2) is 0 Å². The van der Waals surface area contributed by atoms with Crippen molar-refractivity contribution < 1.29 is 9.47 Å². The van der Waals surface area contributed by atoms with Gasteiger partial charge in [0, 0.05) is 18.3 Å². The second-order valence-electron chi connectivity index (χ2n) is 6.99. The minimum absolute atomic E-state index is 0.778. The Kier molecular flexibility index (Phi) is 10.2. The lowest BCUT2D eigenvalue weighted by atomic mass is 10.2. The highest BCUT2D eigenvalue weighted by Crippen LogP contribution is 2.19. The molecule has 0 saturated carbocycles. The van der Waals surface area contributed by atoms with E-state index in [0.29, 0.717) is 0 Å². The Morgan fingerprint density at radius 1 is 0.704 bits per heavy atom. The van der Waals surface area contributed by atoms with Gasteiger partial charge in [0.1, 0.15) is 11.5 Å². The van der Waals surface area contributed by atoms with Crippen molar-refractivity contribution in [1.82, 2.24) is 0 Å². The van der Waals surface area contributed by atoms with Crippen LogP contribution in [0.15, 0.2) is 48.5 Å². The summed E-state index contributed by atoms with van der Waals surface area (Å²) in [5, 5.41) is 3.46. The molecule has 0 heterocycles. The molecule has 3 nitrogen and oxygen atoms in total. The summed E-state index contributed by atoms with van der Waals surface area (Å²) in [6.45, 7) is 6.79. The van der Waals surface area contributed by atoms with E-state index >= 15 is 0 Å². The molecular formula is C24H35NO2. The van der Waals surface area contributed by atoms with Gasteiger partial charge in [0.2, 0.25) is 0 Å². The Bertz CT molecular complexity index is 625. The normalized spacial score (nSPS) is 10.6. The summed E-state index contributed by atoms with van der Waals surface area (Å²) >= 11 is 0. The maximum absolute atomic E-state index is 5.83. The zero-order valence-corrected chi connectivity index (χ0v) is 17.0. The van der Waals surface area contributed by atoms with Crippen molar-refractivity contribution in [3.8, 4) is 11.5 Å². The van der Waals surface area contributed by atoms with Gasteiger partial charge in [-0.3, -0.25) is 0 Å². The number of unbranched alkanes of at least 4 members (excludes halogenated alkanes) is 5. The lowest BCUT2D eigenvalue weighted by Gasteiger charge is -2.11. The zero-order chi connectivity index (χ0) is 19.2. The van der Waals surface area contributed by atoms with Crippen molar-refractivity contribution in [3.63, 3.8) is 0 Å². The quantitative estimate of drug-likeness (QED) is 0.370. The standard InChI is InChI=1S/C24H35NO2/c1-3-5-7-8-9-18-26-23-15-13-21(14-16-23)20-25-22-11-10-12-24(19-22)27-17-6-4-2/h10-16,19,25H,3-9,17-18,20H2,1-2H3. The van der Waals surface area contributed by atoms with Crippen LogP contribution in [0.4, 0.5) is 5.69 Å². The van der Waals surface area contributed by atoms with Gasteiger partial charge in [-0.1, -0.05) is 64.2 Å². The molecule has 0 atom stereocenters. The third-order valence-corrected chi connectivity index (χ3v) is 4.54. The molecular weight excluding hydrogens is 334 g/mol. The molecule has 2 rings (SSSR count). The summed E-state index contributed by atoms with van der Waals surface area (Å²) < 4.78 is 11.6. The molecule has 0 unspecified atom stereocenters. The summed E-state index contributed by atoms with van der Waals surface area (Å²) in [4.78, 5) is 0. The summed E-state index contributed by atoms with van der Waals surface area (Å²) in [5.74, 6) is 1.89. The van der Waals surface area contributed by atoms with Crippen molar-refractivity contribution in [2.75, 3.05) is 18.5 Å². The van der Waals surface area contributed by atoms with E-state index in [4.69, 9.17) is 9.47 Å². The number of nitrogens with one attached hydrogen (secondary N) is 1. The number of hydrogen-bond donors (Lipinski definition) is 1. The minimum Gasteiger partial charge on any atom is -0.494 e. The van der Waals surface area contributed by atoms with Crippen LogP contribution in [0.1, 0.15) is 64.4 Å². The van der Waals surface area contributed by atoms with Crippen LogP contribution in [0.3, 0.4) is 0 Å². The molecule has 0 radical (unpaired) electrons. The molecule has 0 spiro atoms. The van der Waals surface area contributed by atoms with E-state index in [0.717, 1.165) is 56.2 Å². The molecule has 0 aromatic heterocycles. The monoisotopic (exact) mass is 369 g/mol. The van der Waals surface area contributed by atoms with Crippen molar-refractivity contribution >= 4 is 5.69 Å². The van der Waals surface area contributed by atoms with E-state index < -0.39 is 0 Å². The molecule has 1 N–H and O–H groups in total. The summed E-state index contributed by atoms with van der Waals surface area (Å²) in [6.07, 6.45) is 8.57. The molecule has 2 aromatic carbocycles. The van der Waals surface area contributed by atoms with Crippen LogP contribution in [-0.2, 0) is 6.54 Å². The van der Waals surface area contributed by atoms with Crippen LogP contribution in [0.25, 0.3) is 0 Å². The van der Waals surface area contributed by atoms with Gasteiger partial charge in [-0.25, -0.2) is 0 Å². The molecule has 0 saturated heterocycles. The van der Waals surface area contributed by atoms with Crippen LogP contribution in [-0.4, -0.2) is 13.2 Å². The van der Waals surface area contributed by atoms with E-state index in [-0.39, 0.29) is 0 Å². The van der Waals surface area contributed by atoms with Crippen LogP contribution in [0.2, 0.25) is 0 Å². The predicted molar refractivity (Wildman–Crippen MR) is 115 cm³/mol. The molecule has 27 heavy (non-hydrogen) atoms. The molecule has 0 aliphatic carbocycles. The zero-order valence-electron chi connectivity index (χ0n) is 17.0. The first kappa shape index (κ1) is 21.1. The van der Waals surface area contributed by atoms with Crippen molar-refractivity contribution in [2.24, 2.45) is 0 Å². The number of rotatable bonds is 14. The van der Waals surface area contributed by atoms with E-state index in [9.17, 15) is 0 Å². The fourth-order valence-electron chi connectivity index (χ4n) is 2.83. The first-order valence-electron chi connectivity index (χ1n) is 10.5. The van der Waals surface area contributed by atoms with E-state index in [1.54, 1.807) is 0 Å². The molecule has 2 aromatic rings. The fourth-order valence-corrected chi connectivity index (χ4v) is 2.83. The average molecular weight is 370 g/mol. The lowest BCUT2D eigenvalue weighted by molar-refractivity contribution is 0.304. The highest BCUT2D eigenvalue weighted by Gasteiger charge is 1.99. The fraction of sp³-hybridized carbons (Fsp3) is 0.500. The smallest absolute Gasteiger partial charge is 0.121 e. The first-order chi connectivity index (χ1) is 13.3. The Labute approximate surface area is 165 Å². The number of ether oxygens (including phenoxy) is 2. The second kappa shape index (κ2) is 13.1. The van der Waals surface area contributed by atoms with Crippen LogP contribution in [0.5, 0.6) is 11.5 Å². The van der Waals surface area contributed by atoms with E-state index in [1.807, 2.05) is 12.1 Å².